The number of rotatable bonds is 0. The normalized spacial score (nSPS) is 8.22. The molecule has 0 amide bonds. The first-order chi connectivity index (χ1) is 4.34. The molecule has 3 heteroatoms. The van der Waals surface area contributed by atoms with E-state index in [4.69, 9.17) is 0 Å². The lowest BCUT2D eigenvalue weighted by atomic mass is 10.5. The van der Waals surface area contributed by atoms with Crippen LogP contribution in [0.15, 0.2) is 12.5 Å². The van der Waals surface area contributed by atoms with Gasteiger partial charge in [0.05, 0.1) is 12.5 Å². The van der Waals surface area contributed by atoms with Crippen molar-refractivity contribution < 1.29 is 0 Å². The molecule has 0 spiro atoms. The first-order valence-electron chi connectivity index (χ1n) is 2.46. The van der Waals surface area contributed by atoms with Crippen molar-refractivity contribution in [3.63, 3.8) is 0 Å². The summed E-state index contributed by atoms with van der Waals surface area (Å²) in [6.07, 6.45) is 3.40. The van der Waals surface area contributed by atoms with Crippen LogP contribution in [0.5, 0.6) is 0 Å². The molecule has 0 aromatic carbocycles. The van der Waals surface area contributed by atoms with E-state index in [0.29, 0.717) is 0 Å². The molecular formula is C6H6N2S. The van der Waals surface area contributed by atoms with Crippen molar-refractivity contribution in [3.8, 4) is 11.2 Å². The molecule has 0 unspecified atom stereocenters. The summed E-state index contributed by atoms with van der Waals surface area (Å²) in [4.78, 5) is 3.87. The third-order valence-electron chi connectivity index (χ3n) is 1.00. The predicted molar refractivity (Wildman–Crippen MR) is 39.1 cm³/mol. The summed E-state index contributed by atoms with van der Waals surface area (Å²) in [6.45, 7) is 0. The fourth-order valence-corrected chi connectivity index (χ4v) is 0.649. The molecule has 2 nitrogen and oxygen atoms in total. The maximum absolute atomic E-state index is 3.87. The summed E-state index contributed by atoms with van der Waals surface area (Å²) in [5.74, 6) is 2.77. The zero-order chi connectivity index (χ0) is 6.69. The molecule has 9 heavy (non-hydrogen) atoms. The van der Waals surface area contributed by atoms with E-state index in [1.165, 1.54) is 0 Å². The van der Waals surface area contributed by atoms with E-state index in [9.17, 15) is 0 Å². The molecule has 1 rings (SSSR count). The Kier molecular flexibility index (Phi) is 1.81. The molecule has 46 valence electrons. The molecule has 0 saturated heterocycles. The van der Waals surface area contributed by atoms with Crippen LogP contribution in [0.3, 0.4) is 0 Å². The molecule has 0 radical (unpaired) electrons. The van der Waals surface area contributed by atoms with Gasteiger partial charge in [-0.15, -0.1) is 0 Å². The number of hydrogen-bond donors (Lipinski definition) is 1. The highest BCUT2D eigenvalue weighted by Gasteiger charge is 1.88. The van der Waals surface area contributed by atoms with E-state index in [1.807, 2.05) is 11.6 Å². The minimum absolute atomic E-state index is 0.880. The van der Waals surface area contributed by atoms with E-state index < -0.39 is 0 Å². The van der Waals surface area contributed by atoms with Crippen LogP contribution in [-0.4, -0.2) is 9.55 Å². The van der Waals surface area contributed by atoms with Gasteiger partial charge in [-0.25, -0.2) is 4.98 Å². The summed E-state index contributed by atoms with van der Waals surface area (Å²) < 4.78 is 1.84. The highest BCUT2D eigenvalue weighted by atomic mass is 32.1. The highest BCUT2D eigenvalue weighted by Crippen LogP contribution is 1.91. The Morgan fingerprint density at radius 2 is 2.56 bits per heavy atom. The van der Waals surface area contributed by atoms with Crippen LogP contribution in [0.4, 0.5) is 0 Å². The van der Waals surface area contributed by atoms with Crippen LogP contribution in [0.25, 0.3) is 0 Å². The number of nitrogens with zero attached hydrogens (tertiary/aromatic N) is 2. The van der Waals surface area contributed by atoms with Crippen LogP contribution in [0, 0.1) is 11.2 Å². The Balaban J connectivity index is 3.03. The molecule has 0 fully saturated rings. The molecular weight excluding hydrogens is 132 g/mol. The van der Waals surface area contributed by atoms with Gasteiger partial charge in [-0.2, -0.15) is 0 Å². The summed E-state index contributed by atoms with van der Waals surface area (Å²) >= 11 is 3.75. The fraction of sp³-hybridized carbons (Fsp3) is 0.167. The summed E-state index contributed by atoms with van der Waals surface area (Å²) in [5, 5.41) is 2.49. The van der Waals surface area contributed by atoms with Gasteiger partial charge < -0.3 is 4.57 Å². The zero-order valence-corrected chi connectivity index (χ0v) is 5.89. The predicted octanol–water partition coefficient (Wildman–Crippen LogP) is 0.659. The van der Waals surface area contributed by atoms with Gasteiger partial charge in [-0.1, -0.05) is 12.6 Å². The van der Waals surface area contributed by atoms with Gasteiger partial charge in [-0.3, -0.25) is 0 Å². The van der Waals surface area contributed by atoms with Gasteiger partial charge in [0.2, 0.25) is 0 Å². The molecule has 0 N–H and O–H groups in total. The van der Waals surface area contributed by atoms with Crippen molar-refractivity contribution in [3.05, 3.63) is 18.2 Å². The standard InChI is InChI=1S/C6H6N2S/c1-8-5-7-4-6(8)2-3-9/h4-5,9H,1H3. The van der Waals surface area contributed by atoms with Crippen LogP contribution in [-0.2, 0) is 7.05 Å². The van der Waals surface area contributed by atoms with Crippen molar-refractivity contribution in [2.75, 3.05) is 0 Å². The Hall–Kier alpha value is -0.880. The van der Waals surface area contributed by atoms with E-state index >= 15 is 0 Å². The topological polar surface area (TPSA) is 17.8 Å². The number of aryl methyl sites for hydroxylation is 1. The van der Waals surface area contributed by atoms with Crippen LogP contribution in [0.1, 0.15) is 5.69 Å². The maximum Gasteiger partial charge on any atom is 0.112 e. The largest absolute Gasteiger partial charge is 0.327 e. The molecule has 1 heterocycles. The third kappa shape index (κ3) is 1.27. The second-order valence-electron chi connectivity index (χ2n) is 1.63. The van der Waals surface area contributed by atoms with Crippen molar-refractivity contribution in [1.82, 2.24) is 9.55 Å². The minimum atomic E-state index is 0.880. The monoisotopic (exact) mass is 138 g/mol. The van der Waals surface area contributed by atoms with Crippen molar-refractivity contribution >= 4 is 12.6 Å². The number of aromatic nitrogens is 2. The Morgan fingerprint density at radius 1 is 1.78 bits per heavy atom. The average Bonchev–Trinajstić information content (AvgIpc) is 2.18. The lowest BCUT2D eigenvalue weighted by Gasteiger charge is -1.87. The highest BCUT2D eigenvalue weighted by molar-refractivity contribution is 7.85. The molecule has 0 aliphatic rings. The quantitative estimate of drug-likeness (QED) is 0.412. The van der Waals surface area contributed by atoms with Gasteiger partial charge >= 0.3 is 0 Å². The Morgan fingerprint density at radius 3 is 3.00 bits per heavy atom. The van der Waals surface area contributed by atoms with Gasteiger partial charge in [0.15, 0.2) is 0 Å². The Bertz CT molecular complexity index is 254. The zero-order valence-electron chi connectivity index (χ0n) is 5.00. The lowest BCUT2D eigenvalue weighted by Crippen LogP contribution is -1.87. The number of hydrogen-bond acceptors (Lipinski definition) is 2. The van der Waals surface area contributed by atoms with Crippen LogP contribution in [0.2, 0.25) is 0 Å². The lowest BCUT2D eigenvalue weighted by molar-refractivity contribution is 0.899. The smallest absolute Gasteiger partial charge is 0.112 e. The van der Waals surface area contributed by atoms with Crippen LogP contribution >= 0.6 is 12.6 Å². The van der Waals surface area contributed by atoms with Gasteiger partial charge in [-0.05, 0) is 11.2 Å². The first-order valence-corrected chi connectivity index (χ1v) is 2.90. The van der Waals surface area contributed by atoms with Gasteiger partial charge in [0, 0.05) is 7.05 Å². The van der Waals surface area contributed by atoms with Crippen molar-refractivity contribution in [1.29, 1.82) is 0 Å². The van der Waals surface area contributed by atoms with Crippen molar-refractivity contribution in [2.24, 2.45) is 7.05 Å². The van der Waals surface area contributed by atoms with Gasteiger partial charge in [0.1, 0.15) is 5.69 Å². The molecule has 0 bridgehead atoms. The van der Waals surface area contributed by atoms with E-state index in [2.05, 4.69) is 28.8 Å². The molecule has 0 saturated carbocycles. The summed E-state index contributed by atoms with van der Waals surface area (Å²) in [6, 6.07) is 0. The minimum Gasteiger partial charge on any atom is -0.327 e. The first kappa shape index (κ1) is 6.24. The summed E-state index contributed by atoms with van der Waals surface area (Å²) in [5.41, 5.74) is 0.880. The van der Waals surface area contributed by atoms with Crippen LogP contribution < -0.4 is 0 Å². The van der Waals surface area contributed by atoms with E-state index in [-0.39, 0.29) is 0 Å². The van der Waals surface area contributed by atoms with Crippen molar-refractivity contribution in [2.45, 2.75) is 0 Å². The third-order valence-corrected chi connectivity index (χ3v) is 1.11. The number of thiol groups is 1. The second kappa shape index (κ2) is 2.60. The second-order valence-corrected chi connectivity index (χ2v) is 1.85. The number of imidazole rings is 1. The molecule has 1 aromatic rings. The Labute approximate surface area is 59.3 Å². The molecule has 0 atom stereocenters. The molecule has 0 aliphatic heterocycles. The fourth-order valence-electron chi connectivity index (χ4n) is 0.535. The van der Waals surface area contributed by atoms with Gasteiger partial charge in [0.25, 0.3) is 0 Å². The van der Waals surface area contributed by atoms with E-state index in [1.54, 1.807) is 12.5 Å². The SMILES string of the molecule is Cn1cncc1C#CS. The molecule has 0 aliphatic carbocycles. The van der Waals surface area contributed by atoms with E-state index in [0.717, 1.165) is 5.69 Å². The maximum atomic E-state index is 3.87. The average molecular weight is 138 g/mol. The molecule has 1 aromatic heterocycles. The summed E-state index contributed by atoms with van der Waals surface area (Å²) in [7, 11) is 1.89.